The van der Waals surface area contributed by atoms with Crippen LogP contribution >= 0.6 is 0 Å². The summed E-state index contributed by atoms with van der Waals surface area (Å²) in [6.45, 7) is 19.1. The first-order valence-corrected chi connectivity index (χ1v) is 11.9. The van der Waals surface area contributed by atoms with Crippen molar-refractivity contribution >= 4 is 0 Å². The van der Waals surface area contributed by atoms with Crippen molar-refractivity contribution in [3.05, 3.63) is 40.0 Å². The number of halogens is 2. The van der Waals surface area contributed by atoms with Crippen molar-refractivity contribution in [2.45, 2.75) is 81.1 Å². The maximum atomic E-state index is 2.46. The van der Waals surface area contributed by atoms with Gasteiger partial charge in [0, 0.05) is 0 Å². The minimum Gasteiger partial charge on any atom is -1.00 e. The fourth-order valence-corrected chi connectivity index (χ4v) is 9.26. The van der Waals surface area contributed by atoms with Gasteiger partial charge in [0.1, 0.15) is 0 Å². The van der Waals surface area contributed by atoms with Gasteiger partial charge in [-0.25, -0.2) is 0 Å². The maximum absolute atomic E-state index is 2.46. The van der Waals surface area contributed by atoms with Gasteiger partial charge in [-0.05, 0) is 0 Å². The number of allylic oxidation sites excluding steroid dienone is 8. The Morgan fingerprint density at radius 2 is 1.00 bits per heavy atom. The van der Waals surface area contributed by atoms with E-state index in [0.717, 1.165) is 0 Å². The van der Waals surface area contributed by atoms with E-state index in [-0.39, 0.29) is 24.8 Å². The molecular formula is C22H34Cl2Zr. The second kappa shape index (κ2) is 10.7. The molecule has 0 spiro atoms. The molecule has 0 nitrogen and oxygen atoms in total. The molecule has 0 saturated heterocycles. The summed E-state index contributed by atoms with van der Waals surface area (Å²) in [5, 5.41) is 0. The van der Waals surface area contributed by atoms with Crippen LogP contribution < -0.4 is 24.8 Å². The molecule has 0 fully saturated rings. The Balaban J connectivity index is 0.00000288. The monoisotopic (exact) mass is 458 g/mol. The Morgan fingerprint density at radius 1 is 0.680 bits per heavy atom. The zero-order valence-corrected chi connectivity index (χ0v) is 21.2. The molecule has 0 saturated carbocycles. The third-order valence-electron chi connectivity index (χ3n) is 6.17. The topological polar surface area (TPSA) is 0 Å². The first-order valence-electron chi connectivity index (χ1n) is 9.43. The summed E-state index contributed by atoms with van der Waals surface area (Å²) >= 11 is -0.658. The quantitative estimate of drug-likeness (QED) is 0.558. The largest absolute Gasteiger partial charge is 1.00 e. The van der Waals surface area contributed by atoms with E-state index in [1.165, 1.54) is 25.7 Å². The van der Waals surface area contributed by atoms with Crippen LogP contribution in [0.2, 0.25) is 0 Å². The number of hydrogen-bond donors (Lipinski definition) is 0. The zero-order chi connectivity index (χ0) is 17.3. The van der Waals surface area contributed by atoms with Crippen molar-refractivity contribution in [2.24, 2.45) is 11.8 Å². The molecule has 2 unspecified atom stereocenters. The fourth-order valence-electron chi connectivity index (χ4n) is 4.14. The van der Waals surface area contributed by atoms with E-state index in [4.69, 9.17) is 0 Å². The predicted octanol–water partition coefficient (Wildman–Crippen LogP) is 1.16. The van der Waals surface area contributed by atoms with Gasteiger partial charge in [0.2, 0.25) is 0 Å². The van der Waals surface area contributed by atoms with E-state index >= 15 is 0 Å². The first-order chi connectivity index (χ1) is 10.8. The Hall–Kier alpha value is 0.423. The summed E-state index contributed by atoms with van der Waals surface area (Å²) in [6.07, 6.45) is 5.14. The van der Waals surface area contributed by atoms with Gasteiger partial charge in [-0.3, -0.25) is 0 Å². The minimum atomic E-state index is -0.658. The first kappa shape index (κ1) is 25.4. The van der Waals surface area contributed by atoms with E-state index in [0.29, 0.717) is 11.8 Å². The van der Waals surface area contributed by atoms with Crippen LogP contribution in [0.3, 0.4) is 0 Å². The maximum Gasteiger partial charge on any atom is -1.00 e. The molecule has 0 N–H and O–H groups in total. The van der Waals surface area contributed by atoms with Gasteiger partial charge in [-0.1, -0.05) is 0 Å². The molecule has 2 rings (SSSR count). The summed E-state index contributed by atoms with van der Waals surface area (Å²) in [5.41, 5.74) is 10.0. The van der Waals surface area contributed by atoms with Crippen LogP contribution in [0, 0.1) is 11.8 Å². The molecule has 0 aromatic heterocycles. The van der Waals surface area contributed by atoms with Crippen molar-refractivity contribution in [1.82, 2.24) is 0 Å². The van der Waals surface area contributed by atoms with Crippen LogP contribution in [-0.2, 0) is 23.2 Å². The summed E-state index contributed by atoms with van der Waals surface area (Å²) in [7, 11) is 0. The van der Waals surface area contributed by atoms with Crippen LogP contribution in [0.4, 0.5) is 0 Å². The molecule has 2 aliphatic rings. The summed E-state index contributed by atoms with van der Waals surface area (Å²) < 4.78 is 3.78. The average Bonchev–Trinajstić information content (AvgIpc) is 2.85. The molecule has 0 heterocycles. The van der Waals surface area contributed by atoms with Crippen LogP contribution in [0.1, 0.15) is 81.1 Å². The number of hydrogen-bond acceptors (Lipinski definition) is 0. The van der Waals surface area contributed by atoms with E-state index in [2.05, 4.69) is 55.4 Å². The molecule has 2 atom stereocenters. The second-order valence-electron chi connectivity index (χ2n) is 7.47. The van der Waals surface area contributed by atoms with Crippen molar-refractivity contribution < 1.29 is 48.0 Å². The second-order valence-corrected chi connectivity index (χ2v) is 10.7. The van der Waals surface area contributed by atoms with Crippen molar-refractivity contribution in [3.8, 4) is 0 Å². The molecule has 0 amide bonds. The van der Waals surface area contributed by atoms with Gasteiger partial charge in [-0.15, -0.1) is 0 Å². The van der Waals surface area contributed by atoms with Crippen LogP contribution in [0.25, 0.3) is 0 Å². The van der Waals surface area contributed by atoms with Crippen molar-refractivity contribution in [1.29, 1.82) is 0 Å². The van der Waals surface area contributed by atoms with Gasteiger partial charge in [-0.2, -0.15) is 0 Å². The normalized spacial score (nSPS) is 23.2. The van der Waals surface area contributed by atoms with Crippen LogP contribution in [0.15, 0.2) is 40.0 Å². The molecule has 25 heavy (non-hydrogen) atoms. The Bertz CT molecular complexity index is 566. The third-order valence-corrected chi connectivity index (χ3v) is 11.1. The van der Waals surface area contributed by atoms with Crippen LogP contribution in [-0.4, -0.2) is 0 Å². The summed E-state index contributed by atoms with van der Waals surface area (Å²) in [4.78, 5) is 0. The Morgan fingerprint density at radius 3 is 1.28 bits per heavy atom. The van der Waals surface area contributed by atoms with Crippen molar-refractivity contribution in [2.75, 3.05) is 0 Å². The Kier molecular flexibility index (Phi) is 10.9. The molecule has 3 heteroatoms. The molecular weight excluding hydrogens is 426 g/mol. The van der Waals surface area contributed by atoms with E-state index < -0.39 is 23.2 Å². The number of rotatable bonds is 6. The average molecular weight is 461 g/mol. The molecule has 0 aromatic carbocycles. The molecule has 2 aliphatic carbocycles. The molecule has 0 bridgehead atoms. The van der Waals surface area contributed by atoms with Gasteiger partial charge >= 0.3 is 156 Å². The predicted molar refractivity (Wildman–Crippen MR) is 98.9 cm³/mol. The third kappa shape index (κ3) is 4.83. The van der Waals surface area contributed by atoms with Gasteiger partial charge < -0.3 is 24.8 Å². The standard InChI is InChI=1S/2C11H17.2ClH.Zr/c2*1-5-6-11-7-8(2)9(3)10(11)4;;;/h2*8H,5-6H2,1-4H3;2*1H;/q;;;;+2/p-2. The molecule has 0 aromatic rings. The summed E-state index contributed by atoms with van der Waals surface area (Å²) in [5.74, 6) is 1.43. The fraction of sp³-hybridized carbons (Fsp3) is 0.636. The van der Waals surface area contributed by atoms with Gasteiger partial charge in [0.15, 0.2) is 0 Å². The minimum absolute atomic E-state index is 0. The Labute approximate surface area is 180 Å². The smallest absolute Gasteiger partial charge is 1.00 e. The SMILES string of the molecule is CCCC1=[C]([Zr+2][C]2=C(CCC)C(C)=C(C)C2C)C(C)C(C)=C1C.[Cl-].[Cl-]. The molecule has 140 valence electrons. The van der Waals surface area contributed by atoms with E-state index in [9.17, 15) is 0 Å². The van der Waals surface area contributed by atoms with Crippen LogP contribution in [0.5, 0.6) is 0 Å². The van der Waals surface area contributed by atoms with Gasteiger partial charge in [0.25, 0.3) is 0 Å². The van der Waals surface area contributed by atoms with E-state index in [1.54, 1.807) is 33.4 Å². The summed E-state index contributed by atoms with van der Waals surface area (Å²) in [6, 6.07) is 0. The molecule has 0 radical (unpaired) electrons. The van der Waals surface area contributed by atoms with Crippen molar-refractivity contribution in [3.63, 3.8) is 0 Å². The van der Waals surface area contributed by atoms with E-state index in [1.807, 2.05) is 6.56 Å². The van der Waals surface area contributed by atoms with Gasteiger partial charge in [0.05, 0.1) is 0 Å². The zero-order valence-electron chi connectivity index (χ0n) is 17.2. The molecule has 0 aliphatic heterocycles.